The largest absolute Gasteiger partial charge is 0.336 e. The molecule has 0 N–H and O–H groups in total. The van der Waals surface area contributed by atoms with Crippen molar-refractivity contribution in [2.24, 2.45) is 0 Å². The van der Waals surface area contributed by atoms with Crippen molar-refractivity contribution in [1.82, 2.24) is 9.97 Å². The van der Waals surface area contributed by atoms with E-state index in [1.807, 2.05) is 0 Å². The Morgan fingerprint density at radius 1 is 1.00 bits per heavy atom. The van der Waals surface area contributed by atoms with Gasteiger partial charge in [0.25, 0.3) is 0 Å². The molecule has 0 fully saturated rings. The van der Waals surface area contributed by atoms with Gasteiger partial charge < -0.3 is 4.90 Å². The van der Waals surface area contributed by atoms with Gasteiger partial charge in [0.05, 0.1) is 11.3 Å². The Labute approximate surface area is 163 Å². The lowest BCUT2D eigenvalue weighted by Crippen LogP contribution is -2.32. The summed E-state index contributed by atoms with van der Waals surface area (Å²) in [5, 5.41) is 0. The van der Waals surface area contributed by atoms with Gasteiger partial charge in [0.1, 0.15) is 5.82 Å². The van der Waals surface area contributed by atoms with Gasteiger partial charge in [-0.1, -0.05) is 36.4 Å². The van der Waals surface area contributed by atoms with Crippen LogP contribution in [0.4, 0.5) is 10.3 Å². The molecule has 5 heteroatoms. The van der Waals surface area contributed by atoms with Crippen molar-refractivity contribution in [2.45, 2.75) is 31.7 Å². The first kappa shape index (κ1) is 17.0. The molecule has 3 aromatic rings. The molecule has 0 bridgehead atoms. The Balaban J connectivity index is 1.43. The van der Waals surface area contributed by atoms with E-state index in [9.17, 15) is 9.18 Å². The molecule has 1 aromatic heterocycles. The molecule has 2 aromatic carbocycles. The van der Waals surface area contributed by atoms with Gasteiger partial charge in [0.15, 0.2) is 5.78 Å². The summed E-state index contributed by atoms with van der Waals surface area (Å²) in [7, 11) is 0. The third-order valence-corrected chi connectivity index (χ3v) is 5.78. The molecule has 0 saturated heterocycles. The highest BCUT2D eigenvalue weighted by molar-refractivity contribution is 5.98. The number of ketones is 1. The van der Waals surface area contributed by atoms with Gasteiger partial charge in [0.2, 0.25) is 5.95 Å². The fourth-order valence-corrected chi connectivity index (χ4v) is 4.22. The predicted octanol–water partition coefficient (Wildman–Crippen LogP) is 4.09. The minimum Gasteiger partial charge on any atom is -0.336 e. The standard InChI is InChI=1S/C23H20FN3O/c24-19-7-5-16(6-8-19)18-11-21-20(22(28)12-18)13-25-23(26-21)27-10-9-15-3-1-2-4-17(15)14-27/h1-8,13,18H,9-12,14H2/t18-/m1/s1. The lowest BCUT2D eigenvalue weighted by Gasteiger charge is -2.30. The van der Waals surface area contributed by atoms with Crippen molar-refractivity contribution in [3.8, 4) is 0 Å². The van der Waals surface area contributed by atoms with Gasteiger partial charge in [-0.3, -0.25) is 4.79 Å². The van der Waals surface area contributed by atoms with Gasteiger partial charge in [-0.15, -0.1) is 0 Å². The van der Waals surface area contributed by atoms with Crippen LogP contribution < -0.4 is 4.90 Å². The SMILES string of the molecule is O=C1C[C@H](c2ccc(F)cc2)Cc2nc(N3CCc4ccccc4C3)ncc21. The third kappa shape index (κ3) is 3.07. The quantitative estimate of drug-likeness (QED) is 0.679. The van der Waals surface area contributed by atoms with Crippen molar-refractivity contribution in [3.63, 3.8) is 0 Å². The molecule has 0 radical (unpaired) electrons. The second-order valence-corrected chi connectivity index (χ2v) is 7.55. The molecule has 2 aliphatic rings. The van der Waals surface area contributed by atoms with Crippen LogP contribution in [0.3, 0.4) is 0 Å². The van der Waals surface area contributed by atoms with Crippen molar-refractivity contribution in [3.05, 3.63) is 88.5 Å². The molecule has 1 aliphatic heterocycles. The molecular weight excluding hydrogens is 353 g/mol. The number of carbonyl (C=O) groups is 1. The van der Waals surface area contributed by atoms with E-state index in [1.54, 1.807) is 18.3 Å². The molecule has 0 unspecified atom stereocenters. The summed E-state index contributed by atoms with van der Waals surface area (Å²) in [6, 6.07) is 14.9. The second-order valence-electron chi connectivity index (χ2n) is 7.55. The monoisotopic (exact) mass is 373 g/mol. The summed E-state index contributed by atoms with van der Waals surface area (Å²) >= 11 is 0. The van der Waals surface area contributed by atoms with E-state index >= 15 is 0 Å². The number of halogens is 1. The molecule has 5 rings (SSSR count). The summed E-state index contributed by atoms with van der Waals surface area (Å²) in [4.78, 5) is 24.1. The smallest absolute Gasteiger partial charge is 0.225 e. The lowest BCUT2D eigenvalue weighted by atomic mass is 9.82. The Kier molecular flexibility index (Phi) is 4.15. The van der Waals surface area contributed by atoms with E-state index in [4.69, 9.17) is 4.98 Å². The van der Waals surface area contributed by atoms with E-state index in [1.165, 1.54) is 23.3 Å². The predicted molar refractivity (Wildman–Crippen MR) is 105 cm³/mol. The maximum atomic E-state index is 13.2. The van der Waals surface area contributed by atoms with Crippen LogP contribution in [0.15, 0.2) is 54.7 Å². The number of rotatable bonds is 2. The topological polar surface area (TPSA) is 46.1 Å². The van der Waals surface area contributed by atoms with Crippen LogP contribution in [0.25, 0.3) is 0 Å². The molecule has 1 atom stereocenters. The number of anilines is 1. The summed E-state index contributed by atoms with van der Waals surface area (Å²) < 4.78 is 13.2. The van der Waals surface area contributed by atoms with Crippen LogP contribution in [0.5, 0.6) is 0 Å². The van der Waals surface area contributed by atoms with E-state index in [-0.39, 0.29) is 17.5 Å². The maximum absolute atomic E-state index is 13.2. The van der Waals surface area contributed by atoms with Crippen LogP contribution in [0, 0.1) is 5.82 Å². The molecule has 4 nitrogen and oxygen atoms in total. The Morgan fingerprint density at radius 2 is 1.79 bits per heavy atom. The van der Waals surface area contributed by atoms with E-state index in [2.05, 4.69) is 34.1 Å². The average molecular weight is 373 g/mol. The second kappa shape index (κ2) is 6.82. The molecule has 1 aliphatic carbocycles. The maximum Gasteiger partial charge on any atom is 0.225 e. The molecule has 2 heterocycles. The first-order chi connectivity index (χ1) is 13.7. The molecule has 0 spiro atoms. The van der Waals surface area contributed by atoms with Gasteiger partial charge >= 0.3 is 0 Å². The van der Waals surface area contributed by atoms with Crippen molar-refractivity contribution in [1.29, 1.82) is 0 Å². The fraction of sp³-hybridized carbons (Fsp3) is 0.261. The number of hydrogen-bond acceptors (Lipinski definition) is 4. The first-order valence-electron chi connectivity index (χ1n) is 9.63. The normalized spacial score (nSPS) is 18.5. The summed E-state index contributed by atoms with van der Waals surface area (Å²) in [6.45, 7) is 1.65. The van der Waals surface area contributed by atoms with Gasteiger partial charge in [-0.05, 0) is 47.6 Å². The number of hydrogen-bond donors (Lipinski definition) is 0. The van der Waals surface area contributed by atoms with Crippen molar-refractivity contribution >= 4 is 11.7 Å². The van der Waals surface area contributed by atoms with Crippen LogP contribution in [-0.4, -0.2) is 22.3 Å². The molecule has 28 heavy (non-hydrogen) atoms. The minimum absolute atomic E-state index is 0.0328. The molecule has 140 valence electrons. The molecule has 0 amide bonds. The number of benzene rings is 2. The van der Waals surface area contributed by atoms with Crippen LogP contribution in [-0.2, 0) is 19.4 Å². The van der Waals surface area contributed by atoms with Gasteiger partial charge in [0, 0.05) is 25.7 Å². The summed E-state index contributed by atoms with van der Waals surface area (Å²) in [5.41, 5.74) is 5.08. The van der Waals surface area contributed by atoms with Gasteiger partial charge in [-0.2, -0.15) is 0 Å². The number of Topliss-reactive ketones (excluding diaryl/α,β-unsaturated/α-hetero) is 1. The van der Waals surface area contributed by atoms with Crippen molar-refractivity contribution in [2.75, 3.05) is 11.4 Å². The average Bonchev–Trinajstić information content (AvgIpc) is 2.73. The Hall–Kier alpha value is -3.08. The third-order valence-electron chi connectivity index (χ3n) is 5.78. The van der Waals surface area contributed by atoms with Crippen LogP contribution >= 0.6 is 0 Å². The number of aromatic nitrogens is 2. The highest BCUT2D eigenvalue weighted by Gasteiger charge is 2.29. The van der Waals surface area contributed by atoms with E-state index < -0.39 is 0 Å². The van der Waals surface area contributed by atoms with Gasteiger partial charge in [-0.25, -0.2) is 14.4 Å². The van der Waals surface area contributed by atoms with Crippen LogP contribution in [0.1, 0.15) is 45.1 Å². The fourth-order valence-electron chi connectivity index (χ4n) is 4.22. The number of carbonyl (C=O) groups excluding carboxylic acids is 1. The van der Waals surface area contributed by atoms with E-state index in [0.29, 0.717) is 24.4 Å². The summed E-state index contributed by atoms with van der Waals surface area (Å²) in [6.07, 6.45) is 3.74. The zero-order valence-electron chi connectivity index (χ0n) is 15.4. The first-order valence-corrected chi connectivity index (χ1v) is 9.63. The van der Waals surface area contributed by atoms with E-state index in [0.717, 1.165) is 30.8 Å². The van der Waals surface area contributed by atoms with Crippen molar-refractivity contribution < 1.29 is 9.18 Å². The molecule has 0 saturated carbocycles. The zero-order chi connectivity index (χ0) is 19.1. The highest BCUT2D eigenvalue weighted by atomic mass is 19.1. The lowest BCUT2D eigenvalue weighted by molar-refractivity contribution is 0.0962. The van der Waals surface area contributed by atoms with Crippen LogP contribution in [0.2, 0.25) is 0 Å². The number of fused-ring (bicyclic) bond motifs is 2. The summed E-state index contributed by atoms with van der Waals surface area (Å²) in [5.74, 6) is 0.513. The number of nitrogens with zero attached hydrogens (tertiary/aromatic N) is 3. The Bertz CT molecular complexity index is 1050. The minimum atomic E-state index is -0.263. The Morgan fingerprint density at radius 3 is 2.61 bits per heavy atom. The molecular formula is C23H20FN3O. The zero-order valence-corrected chi connectivity index (χ0v) is 15.4. The highest BCUT2D eigenvalue weighted by Crippen LogP contribution is 2.33.